The third kappa shape index (κ3) is 3.58. The average molecular weight is 418 g/mol. The zero-order valence-corrected chi connectivity index (χ0v) is 18.4. The van der Waals surface area contributed by atoms with Gasteiger partial charge in [-0.25, -0.2) is 0 Å². The van der Waals surface area contributed by atoms with E-state index in [4.69, 9.17) is 0 Å². The van der Waals surface area contributed by atoms with E-state index in [-0.39, 0.29) is 46.1 Å². The number of carbonyl (C=O) groups excluding carboxylic acids is 3. The van der Waals surface area contributed by atoms with Gasteiger partial charge in [0.2, 0.25) is 5.91 Å². The zero-order chi connectivity index (χ0) is 22.4. The Balaban J connectivity index is 0.000000589. The lowest BCUT2D eigenvalue weighted by Crippen LogP contribution is -2.56. The van der Waals surface area contributed by atoms with Crippen molar-refractivity contribution < 1.29 is 24.6 Å². The van der Waals surface area contributed by atoms with Gasteiger partial charge < -0.3 is 15.9 Å². The van der Waals surface area contributed by atoms with Crippen LogP contribution in [0.3, 0.4) is 0 Å². The van der Waals surface area contributed by atoms with Gasteiger partial charge in [0, 0.05) is 24.2 Å². The minimum atomic E-state index is -0.493. The lowest BCUT2D eigenvalue weighted by Gasteiger charge is -2.58. The maximum Gasteiger partial charge on any atom is 0.214 e. The van der Waals surface area contributed by atoms with Crippen LogP contribution >= 0.6 is 0 Å². The summed E-state index contributed by atoms with van der Waals surface area (Å²) in [5.41, 5.74) is 5.12. The van der Waals surface area contributed by atoms with Gasteiger partial charge in [0.15, 0.2) is 11.6 Å². The Morgan fingerprint density at radius 2 is 1.93 bits per heavy atom. The maximum absolute atomic E-state index is 12.5. The van der Waals surface area contributed by atoms with E-state index in [9.17, 15) is 24.6 Å². The van der Waals surface area contributed by atoms with Crippen molar-refractivity contribution in [1.29, 1.82) is 0 Å². The molecule has 0 heterocycles. The predicted octanol–water partition coefficient (Wildman–Crippen LogP) is 2.18. The minimum absolute atomic E-state index is 0.0501. The Bertz CT molecular complexity index is 797. The molecule has 0 aromatic carbocycles. The molecule has 4 aliphatic rings. The fraction of sp³-hybridized carbons (Fsp3) is 0.708. The smallest absolute Gasteiger partial charge is 0.214 e. The fourth-order valence-electron chi connectivity index (χ4n) is 7.48. The Kier molecular flexibility index (Phi) is 6.14. The second kappa shape index (κ2) is 8.04. The van der Waals surface area contributed by atoms with Gasteiger partial charge in [-0.05, 0) is 61.0 Å². The Morgan fingerprint density at radius 1 is 1.30 bits per heavy atom. The quantitative estimate of drug-likeness (QED) is 0.636. The molecule has 6 nitrogen and oxygen atoms in total. The van der Waals surface area contributed by atoms with Crippen LogP contribution in [0.15, 0.2) is 23.8 Å². The van der Waals surface area contributed by atoms with E-state index in [1.807, 2.05) is 6.08 Å². The molecule has 6 heteroatoms. The van der Waals surface area contributed by atoms with E-state index < -0.39 is 12.7 Å². The van der Waals surface area contributed by atoms with E-state index in [2.05, 4.69) is 26.5 Å². The average Bonchev–Trinajstić information content (AvgIpc) is 2.90. The lowest BCUT2D eigenvalue weighted by molar-refractivity contribution is -0.142. The van der Waals surface area contributed by atoms with Crippen LogP contribution in [0.4, 0.5) is 0 Å². The number of allylic oxidation sites excluding steroid dienone is 4. The molecule has 4 rings (SSSR count). The van der Waals surface area contributed by atoms with E-state index in [0.29, 0.717) is 18.3 Å². The summed E-state index contributed by atoms with van der Waals surface area (Å²) in [5.74, 6) is 0.553. The molecule has 0 aliphatic heterocycles. The summed E-state index contributed by atoms with van der Waals surface area (Å²) in [5, 5.41) is 20.7. The second-order valence-corrected chi connectivity index (χ2v) is 10.2. The Morgan fingerprint density at radius 3 is 2.53 bits per heavy atom. The summed E-state index contributed by atoms with van der Waals surface area (Å²) in [7, 11) is 0. The summed E-state index contributed by atoms with van der Waals surface area (Å²) in [4.78, 5) is 33.6. The second-order valence-electron chi connectivity index (χ2n) is 10.2. The number of ketones is 2. The van der Waals surface area contributed by atoms with E-state index in [1.165, 1.54) is 6.92 Å². The minimum Gasteiger partial charge on any atom is -0.393 e. The molecule has 3 fully saturated rings. The topological polar surface area (TPSA) is 118 Å². The standard InChI is InChI=1S/C22H30O4.C2H5NO/c1-12-8-16-15-5-4-13-9-14(24)6-7-21(13,2)20(15)17(25)10-22(16,3)19(12)18(26)11-23;1-2(3)4/h6-7,9,12,15-17,19-20,23,25H,4-5,8,10-11H2,1-3H3;1H3,(H2,3,4)/t12?,15?,16?,17-,19?,20?,21-,22-;/m0./s1. The molecule has 0 spiro atoms. The molecule has 30 heavy (non-hydrogen) atoms. The molecule has 0 bridgehead atoms. The molecular formula is C24H35NO5. The van der Waals surface area contributed by atoms with Gasteiger partial charge >= 0.3 is 0 Å². The predicted molar refractivity (Wildman–Crippen MR) is 113 cm³/mol. The molecule has 4 N–H and O–H groups in total. The summed E-state index contributed by atoms with van der Waals surface area (Å²) < 4.78 is 0. The highest BCUT2D eigenvalue weighted by Gasteiger charge is 2.64. The number of carbonyl (C=O) groups is 3. The fourth-order valence-corrected chi connectivity index (χ4v) is 7.48. The van der Waals surface area contributed by atoms with Crippen LogP contribution in [0.1, 0.15) is 53.4 Å². The highest BCUT2D eigenvalue weighted by molar-refractivity contribution is 6.01. The Hall–Kier alpha value is -1.79. The first-order valence-corrected chi connectivity index (χ1v) is 11.0. The van der Waals surface area contributed by atoms with Crippen LogP contribution < -0.4 is 5.73 Å². The van der Waals surface area contributed by atoms with Crippen LogP contribution in [0, 0.1) is 40.4 Å². The molecule has 0 aromatic rings. The molecule has 0 aromatic heterocycles. The van der Waals surface area contributed by atoms with Gasteiger partial charge in [-0.2, -0.15) is 0 Å². The number of hydrogen-bond donors (Lipinski definition) is 3. The maximum atomic E-state index is 12.5. The number of amides is 1. The molecule has 5 unspecified atom stereocenters. The van der Waals surface area contributed by atoms with Gasteiger partial charge in [0.25, 0.3) is 0 Å². The summed E-state index contributed by atoms with van der Waals surface area (Å²) in [6, 6.07) is 0. The number of rotatable bonds is 2. The van der Waals surface area contributed by atoms with Gasteiger partial charge in [0.05, 0.1) is 6.10 Å². The van der Waals surface area contributed by atoms with E-state index in [1.54, 1.807) is 12.2 Å². The summed E-state index contributed by atoms with van der Waals surface area (Å²) >= 11 is 0. The first kappa shape index (κ1) is 22.9. The molecule has 166 valence electrons. The van der Waals surface area contributed by atoms with Gasteiger partial charge in [-0.3, -0.25) is 14.4 Å². The molecule has 3 saturated carbocycles. The molecule has 8 atom stereocenters. The van der Waals surface area contributed by atoms with Crippen molar-refractivity contribution in [2.24, 2.45) is 46.2 Å². The monoisotopic (exact) mass is 417 g/mol. The first-order valence-electron chi connectivity index (χ1n) is 11.0. The Labute approximate surface area is 178 Å². The van der Waals surface area contributed by atoms with Crippen molar-refractivity contribution in [3.05, 3.63) is 23.8 Å². The molecule has 0 radical (unpaired) electrons. The molecule has 0 saturated heterocycles. The van der Waals surface area contributed by atoms with Crippen LogP contribution in [0.5, 0.6) is 0 Å². The number of Topliss-reactive ketones (excluding diaryl/α,β-unsaturated/α-hetero) is 1. The molecule has 4 aliphatic carbocycles. The van der Waals surface area contributed by atoms with Crippen molar-refractivity contribution in [3.8, 4) is 0 Å². The van der Waals surface area contributed by atoms with Gasteiger partial charge in [0.1, 0.15) is 6.61 Å². The normalized spacial score (nSPS) is 44.1. The third-order valence-electron chi connectivity index (χ3n) is 8.34. The number of nitrogens with two attached hydrogens (primary N) is 1. The number of primary amides is 1. The zero-order valence-electron chi connectivity index (χ0n) is 18.4. The van der Waals surface area contributed by atoms with E-state index >= 15 is 0 Å². The molecular weight excluding hydrogens is 382 g/mol. The highest BCUT2D eigenvalue weighted by atomic mass is 16.3. The summed E-state index contributed by atoms with van der Waals surface area (Å²) in [6.45, 7) is 7.35. The summed E-state index contributed by atoms with van der Waals surface area (Å²) in [6.07, 6.45) is 8.39. The number of aliphatic hydroxyl groups is 2. The number of fused-ring (bicyclic) bond motifs is 5. The largest absolute Gasteiger partial charge is 0.393 e. The highest BCUT2D eigenvalue weighted by Crippen LogP contribution is 2.67. The van der Waals surface area contributed by atoms with Crippen molar-refractivity contribution in [2.75, 3.05) is 6.61 Å². The van der Waals surface area contributed by atoms with Crippen molar-refractivity contribution in [3.63, 3.8) is 0 Å². The van der Waals surface area contributed by atoms with Gasteiger partial charge in [-0.15, -0.1) is 0 Å². The molecule has 1 amide bonds. The van der Waals surface area contributed by atoms with Crippen molar-refractivity contribution >= 4 is 17.5 Å². The number of hydrogen-bond acceptors (Lipinski definition) is 5. The lowest BCUT2D eigenvalue weighted by atomic mass is 9.46. The van der Waals surface area contributed by atoms with Crippen molar-refractivity contribution in [2.45, 2.75) is 59.5 Å². The number of aliphatic hydroxyl groups excluding tert-OH is 2. The first-order chi connectivity index (χ1) is 14.0. The van der Waals surface area contributed by atoms with Crippen LogP contribution in [0.25, 0.3) is 0 Å². The SMILES string of the molecule is CC(N)=O.CC1CC2C3CCC4=CC(=O)C=C[C@]4(C)C3[C@@H](O)C[C@]2(C)C1C(=O)CO. The van der Waals surface area contributed by atoms with Crippen LogP contribution in [-0.4, -0.2) is 40.4 Å². The van der Waals surface area contributed by atoms with Crippen LogP contribution in [-0.2, 0) is 14.4 Å². The van der Waals surface area contributed by atoms with E-state index in [0.717, 1.165) is 24.8 Å². The van der Waals surface area contributed by atoms with Crippen LogP contribution in [0.2, 0.25) is 0 Å². The van der Waals surface area contributed by atoms with Crippen molar-refractivity contribution in [1.82, 2.24) is 0 Å². The van der Waals surface area contributed by atoms with Gasteiger partial charge in [-0.1, -0.05) is 32.4 Å². The third-order valence-corrected chi connectivity index (χ3v) is 8.34.